The second-order valence-electron chi connectivity index (χ2n) is 8.21. The number of likely N-dealkylation sites (tertiary alicyclic amines) is 1. The molecule has 0 N–H and O–H groups in total. The van der Waals surface area contributed by atoms with Crippen molar-refractivity contribution in [3.63, 3.8) is 0 Å². The van der Waals surface area contributed by atoms with Crippen LogP contribution in [0.2, 0.25) is 0 Å². The highest BCUT2D eigenvalue weighted by molar-refractivity contribution is 9.10. The number of aromatic nitrogens is 1. The molecule has 28 heavy (non-hydrogen) atoms. The molecule has 0 unspecified atom stereocenters. The minimum Gasteiger partial charge on any atom is -0.451 e. The smallest absolute Gasteiger partial charge is 0.176 e. The van der Waals surface area contributed by atoms with Crippen LogP contribution in [0.1, 0.15) is 18.4 Å². The van der Waals surface area contributed by atoms with E-state index in [1.807, 2.05) is 12.3 Å². The first-order valence-corrected chi connectivity index (χ1v) is 11.3. The molecule has 2 aromatic rings. The van der Waals surface area contributed by atoms with Gasteiger partial charge in [0.05, 0.1) is 18.9 Å². The van der Waals surface area contributed by atoms with Gasteiger partial charge in [0.25, 0.3) is 0 Å². The number of pyridine rings is 1. The third-order valence-corrected chi connectivity index (χ3v) is 7.13. The van der Waals surface area contributed by atoms with Crippen LogP contribution in [-0.4, -0.2) is 49.3 Å². The molecule has 1 aromatic carbocycles. The Morgan fingerprint density at radius 1 is 1.07 bits per heavy atom. The number of fused-ring (bicyclic) bond motifs is 2. The number of unbranched alkanes of at least 4 members (excludes halogenated alkanes) is 1. The second-order valence-corrected chi connectivity index (χ2v) is 9.98. The number of hydrogen-bond acceptors (Lipinski definition) is 5. The fourth-order valence-corrected chi connectivity index (χ4v) is 4.96. The first-order chi connectivity index (χ1) is 13.5. The maximum absolute atomic E-state index is 6.15. The van der Waals surface area contributed by atoms with Crippen molar-refractivity contribution < 1.29 is 9.47 Å². The van der Waals surface area contributed by atoms with Gasteiger partial charge in [-0.1, -0.05) is 15.9 Å². The van der Waals surface area contributed by atoms with Crippen molar-refractivity contribution in [2.45, 2.75) is 19.8 Å². The van der Waals surface area contributed by atoms with E-state index in [1.165, 1.54) is 31.6 Å². The summed E-state index contributed by atoms with van der Waals surface area (Å²) in [4.78, 5) is 9.51. The summed E-state index contributed by atoms with van der Waals surface area (Å²) < 4.78 is 13.5. The van der Waals surface area contributed by atoms with Crippen LogP contribution in [0.25, 0.3) is 0 Å². The van der Waals surface area contributed by atoms with Gasteiger partial charge >= 0.3 is 0 Å². The quantitative estimate of drug-likeness (QED) is 0.514. The summed E-state index contributed by atoms with van der Waals surface area (Å²) in [5.74, 6) is 2.57. The molecular weight excluding hydrogens is 486 g/mol. The molecular formula is C21H23Br2N3O2. The molecule has 5 rings (SSSR count). The van der Waals surface area contributed by atoms with Crippen LogP contribution in [0.4, 0.5) is 11.5 Å². The third kappa shape index (κ3) is 3.36. The van der Waals surface area contributed by atoms with Gasteiger partial charge in [0.15, 0.2) is 17.3 Å². The number of nitrogens with zero attached hydrogens (tertiary/aromatic N) is 3. The van der Waals surface area contributed by atoms with E-state index in [2.05, 4.69) is 65.7 Å². The fourth-order valence-electron chi connectivity index (χ4n) is 4.33. The van der Waals surface area contributed by atoms with E-state index in [-0.39, 0.29) is 0 Å². The maximum Gasteiger partial charge on any atom is 0.176 e. The van der Waals surface area contributed by atoms with Gasteiger partial charge in [0.2, 0.25) is 0 Å². The lowest BCUT2D eigenvalue weighted by Gasteiger charge is -2.55. The number of benzene rings is 1. The Morgan fingerprint density at radius 3 is 2.61 bits per heavy atom. The van der Waals surface area contributed by atoms with Crippen molar-refractivity contribution in [2.75, 3.05) is 44.3 Å². The third-order valence-electron chi connectivity index (χ3n) is 5.85. The molecule has 0 bridgehead atoms. The van der Waals surface area contributed by atoms with Gasteiger partial charge in [-0.25, -0.2) is 4.98 Å². The summed E-state index contributed by atoms with van der Waals surface area (Å²) in [5, 5.41) is 0. The summed E-state index contributed by atoms with van der Waals surface area (Å²) in [6.45, 7) is 8.54. The lowest BCUT2D eigenvalue weighted by atomic mass is 9.78. The Kier molecular flexibility index (Phi) is 4.90. The molecule has 3 aliphatic heterocycles. The van der Waals surface area contributed by atoms with Crippen molar-refractivity contribution in [2.24, 2.45) is 5.41 Å². The minimum atomic E-state index is 0.504. The molecule has 0 atom stereocenters. The first kappa shape index (κ1) is 18.9. The Balaban J connectivity index is 1.28. The molecule has 1 aromatic heterocycles. The predicted molar refractivity (Wildman–Crippen MR) is 117 cm³/mol. The Bertz CT molecular complexity index is 909. The minimum absolute atomic E-state index is 0.504. The Morgan fingerprint density at radius 2 is 1.86 bits per heavy atom. The van der Waals surface area contributed by atoms with Gasteiger partial charge in [-0.2, -0.15) is 0 Å². The van der Waals surface area contributed by atoms with E-state index in [4.69, 9.17) is 9.47 Å². The van der Waals surface area contributed by atoms with Crippen LogP contribution in [0, 0.1) is 12.3 Å². The zero-order chi connectivity index (χ0) is 19.3. The lowest BCUT2D eigenvalue weighted by molar-refractivity contribution is -0.188. The molecule has 2 fully saturated rings. The van der Waals surface area contributed by atoms with Gasteiger partial charge < -0.3 is 19.3 Å². The number of aryl methyl sites for hydroxylation is 1. The van der Waals surface area contributed by atoms with Gasteiger partial charge in [-0.05, 0) is 59.9 Å². The number of halogens is 2. The highest BCUT2D eigenvalue weighted by atomic mass is 79.9. The van der Waals surface area contributed by atoms with Gasteiger partial charge in [0.1, 0.15) is 0 Å². The maximum atomic E-state index is 6.15. The highest BCUT2D eigenvalue weighted by Crippen LogP contribution is 2.48. The van der Waals surface area contributed by atoms with Crippen LogP contribution in [0.3, 0.4) is 0 Å². The predicted octanol–water partition coefficient (Wildman–Crippen LogP) is 5.27. The van der Waals surface area contributed by atoms with Gasteiger partial charge in [-0.15, -0.1) is 0 Å². The molecule has 5 nitrogen and oxygen atoms in total. The normalized spacial score (nSPS) is 19.5. The molecule has 148 valence electrons. The molecule has 1 spiro atoms. The monoisotopic (exact) mass is 507 g/mol. The average Bonchev–Trinajstić information content (AvgIpc) is 2.59. The zero-order valence-corrected chi connectivity index (χ0v) is 19.1. The van der Waals surface area contributed by atoms with E-state index in [9.17, 15) is 0 Å². The topological polar surface area (TPSA) is 37.8 Å². The van der Waals surface area contributed by atoms with Gasteiger partial charge in [0, 0.05) is 46.3 Å². The van der Waals surface area contributed by atoms with Crippen molar-refractivity contribution in [3.8, 4) is 11.5 Å². The van der Waals surface area contributed by atoms with E-state index in [0.717, 1.165) is 58.1 Å². The highest BCUT2D eigenvalue weighted by Gasteiger charge is 2.48. The van der Waals surface area contributed by atoms with E-state index < -0.39 is 0 Å². The number of hydrogen-bond donors (Lipinski definition) is 0. The van der Waals surface area contributed by atoms with Crippen molar-refractivity contribution in [3.05, 3.63) is 38.9 Å². The number of ether oxygens (including phenoxy) is 2. The molecule has 2 saturated heterocycles. The Hall–Kier alpha value is -1.15. The molecule has 4 heterocycles. The summed E-state index contributed by atoms with van der Waals surface area (Å²) >= 11 is 7.13. The van der Waals surface area contributed by atoms with Crippen molar-refractivity contribution in [1.82, 2.24) is 9.88 Å². The van der Waals surface area contributed by atoms with Crippen LogP contribution in [-0.2, 0) is 4.74 Å². The molecule has 0 amide bonds. The number of rotatable bonds is 5. The van der Waals surface area contributed by atoms with Crippen LogP contribution in [0.15, 0.2) is 33.3 Å². The van der Waals surface area contributed by atoms with Gasteiger partial charge in [-0.3, -0.25) is 0 Å². The fraction of sp³-hybridized carbons (Fsp3) is 0.476. The SMILES string of the molecule is Cc1cc2c(cc1Br)Oc1cc(Br)cnc1N2CCCCN1CC2(COC2)C1. The van der Waals surface area contributed by atoms with Crippen molar-refractivity contribution >= 4 is 43.4 Å². The lowest BCUT2D eigenvalue weighted by Crippen LogP contribution is -2.65. The van der Waals surface area contributed by atoms with Crippen molar-refractivity contribution in [1.29, 1.82) is 0 Å². The molecule has 0 aliphatic carbocycles. The first-order valence-electron chi connectivity index (χ1n) is 9.74. The van der Waals surface area contributed by atoms with Crippen LogP contribution in [0.5, 0.6) is 11.5 Å². The summed E-state index contributed by atoms with van der Waals surface area (Å²) in [6.07, 6.45) is 4.14. The Labute approximate surface area is 182 Å². The largest absolute Gasteiger partial charge is 0.451 e. The summed E-state index contributed by atoms with van der Waals surface area (Å²) in [5.41, 5.74) is 2.80. The molecule has 3 aliphatic rings. The summed E-state index contributed by atoms with van der Waals surface area (Å²) in [6, 6.07) is 6.23. The van der Waals surface area contributed by atoms with Crippen LogP contribution < -0.4 is 9.64 Å². The number of anilines is 2. The molecule has 0 radical (unpaired) electrons. The van der Waals surface area contributed by atoms with E-state index in [0.29, 0.717) is 5.41 Å². The van der Waals surface area contributed by atoms with E-state index >= 15 is 0 Å². The molecule has 0 saturated carbocycles. The second kappa shape index (κ2) is 7.27. The van der Waals surface area contributed by atoms with Crippen LogP contribution >= 0.6 is 31.9 Å². The zero-order valence-electron chi connectivity index (χ0n) is 15.9. The standard InChI is InChI=1S/C21H23Br2N3O2/c1-14-6-17-18(8-16(14)23)28-19-7-15(22)9-24-20(19)26(17)5-3-2-4-25-10-21(11-25)12-27-13-21/h6-9H,2-5,10-13H2,1H3. The summed E-state index contributed by atoms with van der Waals surface area (Å²) in [7, 11) is 0. The van der Waals surface area contributed by atoms with E-state index in [1.54, 1.807) is 0 Å². The molecule has 7 heteroatoms. The average molecular weight is 509 g/mol.